The molecule has 0 fully saturated rings. The average molecular weight is 208 g/mol. The lowest BCUT2D eigenvalue weighted by Crippen LogP contribution is -2.12. The second kappa shape index (κ2) is 7.70. The van der Waals surface area contributed by atoms with Gasteiger partial charge in [0, 0.05) is 0 Å². The summed E-state index contributed by atoms with van der Waals surface area (Å²) in [5.41, 5.74) is 1.55. The van der Waals surface area contributed by atoms with Gasteiger partial charge in [-0.1, -0.05) is 38.0 Å². The van der Waals surface area contributed by atoms with Crippen molar-refractivity contribution in [1.29, 1.82) is 0 Å². The molecular formula is C14H24O. The number of hydrogen-bond acceptors (Lipinski definition) is 1. The van der Waals surface area contributed by atoms with Crippen molar-refractivity contribution in [2.45, 2.75) is 58.5 Å². The first kappa shape index (κ1) is 12.5. The van der Waals surface area contributed by atoms with Gasteiger partial charge in [-0.3, -0.25) is 0 Å². The van der Waals surface area contributed by atoms with Crippen LogP contribution in [-0.4, -0.2) is 12.7 Å². The molecule has 0 saturated carbocycles. The molecule has 15 heavy (non-hydrogen) atoms. The van der Waals surface area contributed by atoms with E-state index in [9.17, 15) is 0 Å². The number of hydrogen-bond donors (Lipinski definition) is 0. The molecule has 0 saturated heterocycles. The molecule has 0 bridgehead atoms. The molecule has 0 spiro atoms. The summed E-state index contributed by atoms with van der Waals surface area (Å²) < 4.78 is 5.83. The van der Waals surface area contributed by atoms with Crippen LogP contribution in [0.15, 0.2) is 23.8 Å². The topological polar surface area (TPSA) is 9.23 Å². The number of rotatable bonds is 7. The van der Waals surface area contributed by atoms with Gasteiger partial charge < -0.3 is 4.74 Å². The van der Waals surface area contributed by atoms with Crippen LogP contribution in [0, 0.1) is 0 Å². The maximum absolute atomic E-state index is 5.83. The Morgan fingerprint density at radius 1 is 1.47 bits per heavy atom. The van der Waals surface area contributed by atoms with Crippen LogP contribution in [0.1, 0.15) is 52.4 Å². The van der Waals surface area contributed by atoms with E-state index in [1.807, 2.05) is 6.92 Å². The molecule has 0 heterocycles. The van der Waals surface area contributed by atoms with Gasteiger partial charge in [0.05, 0.1) is 12.7 Å². The van der Waals surface area contributed by atoms with Crippen molar-refractivity contribution in [1.82, 2.24) is 0 Å². The molecule has 1 heteroatoms. The third-order valence-electron chi connectivity index (χ3n) is 2.95. The fourth-order valence-corrected chi connectivity index (χ4v) is 2.04. The maximum atomic E-state index is 5.83. The minimum atomic E-state index is 0.415. The van der Waals surface area contributed by atoms with Crippen molar-refractivity contribution in [2.75, 3.05) is 6.61 Å². The molecule has 1 unspecified atom stereocenters. The Kier molecular flexibility index (Phi) is 6.42. The number of allylic oxidation sites excluding steroid dienone is 2. The van der Waals surface area contributed by atoms with Crippen molar-refractivity contribution in [3.05, 3.63) is 23.8 Å². The highest BCUT2D eigenvalue weighted by Crippen LogP contribution is 2.26. The fraction of sp³-hybridized carbons (Fsp3) is 0.714. The monoisotopic (exact) mass is 208 g/mol. The van der Waals surface area contributed by atoms with E-state index >= 15 is 0 Å². The third-order valence-corrected chi connectivity index (χ3v) is 2.95. The molecule has 0 N–H and O–H groups in total. The quantitative estimate of drug-likeness (QED) is 0.449. The minimum Gasteiger partial charge on any atom is -0.370 e. The first-order chi connectivity index (χ1) is 7.38. The van der Waals surface area contributed by atoms with E-state index in [4.69, 9.17) is 4.74 Å². The van der Waals surface area contributed by atoms with Crippen LogP contribution in [0.2, 0.25) is 0 Å². The molecule has 1 aliphatic rings. The molecule has 0 aliphatic heterocycles. The van der Waals surface area contributed by atoms with Crippen molar-refractivity contribution in [3.63, 3.8) is 0 Å². The summed E-state index contributed by atoms with van der Waals surface area (Å²) in [5, 5.41) is 0. The molecule has 0 aromatic heterocycles. The molecule has 0 aromatic rings. The van der Waals surface area contributed by atoms with Crippen molar-refractivity contribution in [3.8, 4) is 0 Å². The summed E-state index contributed by atoms with van der Waals surface area (Å²) in [5.74, 6) is 0. The summed E-state index contributed by atoms with van der Waals surface area (Å²) in [6.45, 7) is 5.06. The lowest BCUT2D eigenvalue weighted by atomic mass is 10.1. The molecule has 1 rings (SSSR count). The predicted octanol–water partition coefficient (Wildman–Crippen LogP) is 4.25. The molecule has 86 valence electrons. The van der Waals surface area contributed by atoms with E-state index in [1.165, 1.54) is 38.5 Å². The Labute approximate surface area is 94.2 Å². The zero-order valence-corrected chi connectivity index (χ0v) is 10.2. The summed E-state index contributed by atoms with van der Waals surface area (Å²) in [6.07, 6.45) is 14.6. The van der Waals surface area contributed by atoms with E-state index in [-0.39, 0.29) is 0 Å². The van der Waals surface area contributed by atoms with Crippen LogP contribution in [0.3, 0.4) is 0 Å². The number of unbranched alkanes of at least 4 members (excludes halogenated alkanes) is 2. The van der Waals surface area contributed by atoms with Crippen LogP contribution < -0.4 is 0 Å². The van der Waals surface area contributed by atoms with E-state index in [1.54, 1.807) is 5.57 Å². The highest BCUT2D eigenvalue weighted by atomic mass is 16.5. The largest absolute Gasteiger partial charge is 0.370 e. The molecule has 1 atom stereocenters. The Morgan fingerprint density at radius 3 is 3.07 bits per heavy atom. The Hall–Kier alpha value is -0.560. The van der Waals surface area contributed by atoms with E-state index in [0.717, 1.165) is 6.61 Å². The highest BCUT2D eigenvalue weighted by molar-refractivity contribution is 5.14. The molecule has 0 amide bonds. The fourth-order valence-electron chi connectivity index (χ4n) is 2.04. The van der Waals surface area contributed by atoms with Crippen LogP contribution in [0.5, 0.6) is 0 Å². The Morgan fingerprint density at radius 2 is 2.33 bits per heavy atom. The zero-order valence-electron chi connectivity index (χ0n) is 10.2. The minimum absolute atomic E-state index is 0.415. The van der Waals surface area contributed by atoms with E-state index < -0.39 is 0 Å². The average Bonchev–Trinajstić information content (AvgIpc) is 2.67. The summed E-state index contributed by atoms with van der Waals surface area (Å²) in [7, 11) is 0. The first-order valence-corrected chi connectivity index (χ1v) is 6.30. The summed E-state index contributed by atoms with van der Waals surface area (Å²) in [4.78, 5) is 0. The first-order valence-electron chi connectivity index (χ1n) is 6.30. The Bertz CT molecular complexity index is 215. The standard InChI is InChI=1S/C14H24O/c1-3-5-7-9-13-10-8-11-14(13)15-12-6-4-2/h4,6,10,14H,3,5,7-9,11-12H2,1-2H3. The smallest absolute Gasteiger partial charge is 0.0792 e. The van der Waals surface area contributed by atoms with Crippen molar-refractivity contribution < 1.29 is 4.74 Å². The lowest BCUT2D eigenvalue weighted by Gasteiger charge is -2.14. The normalized spacial score (nSPS) is 21.2. The van der Waals surface area contributed by atoms with E-state index in [2.05, 4.69) is 25.2 Å². The summed E-state index contributed by atoms with van der Waals surface area (Å²) in [6, 6.07) is 0. The molecular weight excluding hydrogens is 184 g/mol. The van der Waals surface area contributed by atoms with Gasteiger partial charge in [0.1, 0.15) is 0 Å². The maximum Gasteiger partial charge on any atom is 0.0792 e. The van der Waals surface area contributed by atoms with Gasteiger partial charge in [-0.15, -0.1) is 0 Å². The van der Waals surface area contributed by atoms with Crippen LogP contribution in [-0.2, 0) is 4.74 Å². The summed E-state index contributed by atoms with van der Waals surface area (Å²) >= 11 is 0. The van der Waals surface area contributed by atoms with Gasteiger partial charge in [-0.25, -0.2) is 0 Å². The predicted molar refractivity (Wildman–Crippen MR) is 66.0 cm³/mol. The van der Waals surface area contributed by atoms with Crippen molar-refractivity contribution >= 4 is 0 Å². The van der Waals surface area contributed by atoms with Crippen molar-refractivity contribution in [2.24, 2.45) is 0 Å². The van der Waals surface area contributed by atoms with Gasteiger partial charge in [-0.05, 0) is 38.2 Å². The van der Waals surface area contributed by atoms with Gasteiger partial charge in [-0.2, -0.15) is 0 Å². The molecule has 0 radical (unpaired) electrons. The zero-order chi connectivity index (χ0) is 10.9. The van der Waals surface area contributed by atoms with Gasteiger partial charge in [0.2, 0.25) is 0 Å². The second-order valence-electron chi connectivity index (χ2n) is 4.20. The molecule has 1 nitrogen and oxygen atoms in total. The van der Waals surface area contributed by atoms with Gasteiger partial charge in [0.25, 0.3) is 0 Å². The lowest BCUT2D eigenvalue weighted by molar-refractivity contribution is 0.0988. The van der Waals surface area contributed by atoms with Crippen LogP contribution in [0.25, 0.3) is 0 Å². The SMILES string of the molecule is CC=CCOC1CCC=C1CCCCC. The van der Waals surface area contributed by atoms with Gasteiger partial charge in [0.15, 0.2) is 0 Å². The second-order valence-corrected chi connectivity index (χ2v) is 4.20. The molecule has 0 aromatic carbocycles. The van der Waals surface area contributed by atoms with Crippen LogP contribution >= 0.6 is 0 Å². The highest BCUT2D eigenvalue weighted by Gasteiger charge is 2.18. The molecule has 1 aliphatic carbocycles. The van der Waals surface area contributed by atoms with Crippen LogP contribution in [0.4, 0.5) is 0 Å². The number of ether oxygens (including phenoxy) is 1. The third kappa shape index (κ3) is 4.65. The van der Waals surface area contributed by atoms with Gasteiger partial charge >= 0.3 is 0 Å². The van der Waals surface area contributed by atoms with E-state index in [0.29, 0.717) is 6.10 Å². The Balaban J connectivity index is 2.22.